The number of nitrogens with two attached hydrogens (primary N) is 1. The van der Waals surface area contributed by atoms with Gasteiger partial charge in [0.1, 0.15) is 11.4 Å². The zero-order chi connectivity index (χ0) is 19.3. The molecular weight excluding hydrogens is 352 g/mol. The van der Waals surface area contributed by atoms with Gasteiger partial charge in [-0.3, -0.25) is 0 Å². The molecule has 4 rings (SSSR count). The van der Waals surface area contributed by atoms with E-state index >= 15 is 0 Å². The molecule has 0 radical (unpaired) electrons. The van der Waals surface area contributed by atoms with E-state index in [0.717, 1.165) is 11.3 Å². The molecule has 0 bridgehead atoms. The Bertz CT molecular complexity index is 1150. The molecule has 0 spiro atoms. The van der Waals surface area contributed by atoms with E-state index in [0.29, 0.717) is 35.0 Å². The van der Waals surface area contributed by atoms with E-state index in [1.165, 1.54) is 6.20 Å². The highest BCUT2D eigenvalue weighted by molar-refractivity contribution is 5.60. The normalized spacial score (nSPS) is 10.4. The van der Waals surface area contributed by atoms with Crippen LogP contribution in [0.2, 0.25) is 0 Å². The van der Waals surface area contributed by atoms with Crippen molar-refractivity contribution < 1.29 is 4.74 Å². The molecule has 0 saturated carbocycles. The first-order chi connectivity index (χ1) is 13.8. The number of hydrogen-bond donors (Lipinski definition) is 1. The number of hydrogen-bond acceptors (Lipinski definition) is 6. The molecule has 2 aromatic heterocycles. The zero-order valence-electron chi connectivity index (χ0n) is 14.9. The lowest BCUT2D eigenvalue weighted by Gasteiger charge is -2.12. The number of nitrogens with zero attached hydrogens (tertiary/aromatic N) is 5. The van der Waals surface area contributed by atoms with Crippen LogP contribution in [-0.4, -0.2) is 20.0 Å². The van der Waals surface area contributed by atoms with E-state index in [-0.39, 0.29) is 0 Å². The van der Waals surface area contributed by atoms with E-state index in [9.17, 15) is 5.26 Å². The summed E-state index contributed by atoms with van der Waals surface area (Å²) in [6, 6.07) is 20.7. The van der Waals surface area contributed by atoms with Crippen LogP contribution >= 0.6 is 0 Å². The van der Waals surface area contributed by atoms with E-state index < -0.39 is 0 Å². The minimum Gasteiger partial charge on any atom is -0.453 e. The average Bonchev–Trinajstić information content (AvgIpc) is 3.23. The standard InChI is InChI=1S/C21H16N6O/c22-12-15-6-7-20(27-9-8-17(13-23)26-27)21(10-15)28-18-11-19(25-24-14-18)16-4-2-1-3-5-16/h1-11,14H,13,23H2. The molecule has 0 amide bonds. The predicted octanol–water partition coefficient (Wildman–Crippen LogP) is 3.45. The van der Waals surface area contributed by atoms with Gasteiger partial charge in [0.25, 0.3) is 0 Å². The van der Waals surface area contributed by atoms with Crippen molar-refractivity contribution in [2.45, 2.75) is 6.54 Å². The van der Waals surface area contributed by atoms with Gasteiger partial charge in [-0.1, -0.05) is 30.3 Å². The van der Waals surface area contributed by atoms with Crippen LogP contribution < -0.4 is 10.5 Å². The second kappa shape index (κ2) is 7.70. The molecule has 0 atom stereocenters. The molecule has 2 heterocycles. The molecule has 0 unspecified atom stereocenters. The Hall–Kier alpha value is -4.02. The summed E-state index contributed by atoms with van der Waals surface area (Å²) in [5, 5.41) is 21.9. The van der Waals surface area contributed by atoms with Crippen LogP contribution in [0.5, 0.6) is 11.5 Å². The summed E-state index contributed by atoms with van der Waals surface area (Å²) in [6.07, 6.45) is 3.33. The molecule has 136 valence electrons. The maximum atomic E-state index is 9.26. The third kappa shape index (κ3) is 3.58. The highest BCUT2D eigenvalue weighted by Gasteiger charge is 2.12. The van der Waals surface area contributed by atoms with Crippen molar-refractivity contribution in [2.75, 3.05) is 0 Å². The molecular formula is C21H16N6O. The van der Waals surface area contributed by atoms with E-state index in [1.807, 2.05) is 36.4 Å². The van der Waals surface area contributed by atoms with Crippen molar-refractivity contribution in [3.8, 4) is 34.5 Å². The lowest BCUT2D eigenvalue weighted by molar-refractivity contribution is 0.474. The number of benzene rings is 2. The quantitative estimate of drug-likeness (QED) is 0.579. The highest BCUT2D eigenvalue weighted by Crippen LogP contribution is 2.30. The number of aromatic nitrogens is 4. The first-order valence-corrected chi connectivity index (χ1v) is 8.62. The van der Waals surface area contributed by atoms with Crippen molar-refractivity contribution >= 4 is 0 Å². The van der Waals surface area contributed by atoms with Crippen molar-refractivity contribution in [1.82, 2.24) is 20.0 Å². The van der Waals surface area contributed by atoms with Gasteiger partial charge in [-0.2, -0.15) is 20.6 Å². The van der Waals surface area contributed by atoms with Crippen LogP contribution in [0.25, 0.3) is 16.9 Å². The van der Waals surface area contributed by atoms with Crippen LogP contribution in [0.3, 0.4) is 0 Å². The van der Waals surface area contributed by atoms with E-state index in [1.54, 1.807) is 35.1 Å². The molecule has 7 nitrogen and oxygen atoms in total. The van der Waals surface area contributed by atoms with E-state index in [4.69, 9.17) is 10.5 Å². The number of rotatable bonds is 5. The fourth-order valence-corrected chi connectivity index (χ4v) is 2.74. The average molecular weight is 368 g/mol. The Labute approximate surface area is 161 Å². The van der Waals surface area contributed by atoms with Crippen LogP contribution in [0, 0.1) is 11.3 Å². The molecule has 0 saturated heterocycles. The Morgan fingerprint density at radius 3 is 2.68 bits per heavy atom. The van der Waals surface area contributed by atoms with Gasteiger partial charge in [-0.15, -0.1) is 0 Å². The molecule has 7 heteroatoms. The summed E-state index contributed by atoms with van der Waals surface area (Å²) < 4.78 is 7.74. The first kappa shape index (κ1) is 17.4. The molecule has 2 aromatic carbocycles. The van der Waals surface area contributed by atoms with Gasteiger partial charge in [-0.25, -0.2) is 4.68 Å². The van der Waals surface area contributed by atoms with Crippen molar-refractivity contribution in [1.29, 1.82) is 5.26 Å². The predicted molar refractivity (Wildman–Crippen MR) is 104 cm³/mol. The summed E-state index contributed by atoms with van der Waals surface area (Å²) in [6.45, 7) is 0.341. The van der Waals surface area contributed by atoms with Gasteiger partial charge >= 0.3 is 0 Å². The first-order valence-electron chi connectivity index (χ1n) is 8.62. The van der Waals surface area contributed by atoms with Gasteiger partial charge in [0, 0.05) is 30.4 Å². The molecule has 2 N–H and O–H groups in total. The monoisotopic (exact) mass is 368 g/mol. The molecule has 28 heavy (non-hydrogen) atoms. The molecule has 0 aliphatic carbocycles. The lowest BCUT2D eigenvalue weighted by Crippen LogP contribution is -2.02. The maximum absolute atomic E-state index is 9.26. The minimum absolute atomic E-state index is 0.341. The Morgan fingerprint density at radius 1 is 1.07 bits per heavy atom. The highest BCUT2D eigenvalue weighted by atomic mass is 16.5. The second-order valence-electron chi connectivity index (χ2n) is 5.99. The number of nitriles is 1. The Balaban J connectivity index is 1.72. The molecule has 0 fully saturated rings. The third-order valence-electron chi connectivity index (χ3n) is 4.12. The van der Waals surface area contributed by atoms with Crippen LogP contribution in [0.1, 0.15) is 11.3 Å². The summed E-state index contributed by atoms with van der Waals surface area (Å²) in [5.74, 6) is 0.995. The second-order valence-corrected chi connectivity index (χ2v) is 5.99. The minimum atomic E-state index is 0.341. The topological polar surface area (TPSA) is 103 Å². The van der Waals surface area contributed by atoms with Crippen LogP contribution in [0.15, 0.2) is 73.1 Å². The lowest BCUT2D eigenvalue weighted by atomic mass is 10.1. The van der Waals surface area contributed by atoms with Crippen molar-refractivity contribution in [2.24, 2.45) is 5.73 Å². The van der Waals surface area contributed by atoms with Gasteiger partial charge in [0.05, 0.1) is 29.2 Å². The summed E-state index contributed by atoms with van der Waals surface area (Å²) >= 11 is 0. The van der Waals surface area contributed by atoms with Gasteiger partial charge in [0.15, 0.2) is 5.75 Å². The van der Waals surface area contributed by atoms with Crippen LogP contribution in [-0.2, 0) is 6.54 Å². The fourth-order valence-electron chi connectivity index (χ4n) is 2.74. The summed E-state index contributed by atoms with van der Waals surface area (Å²) in [5.41, 5.74) is 9.22. The van der Waals surface area contributed by atoms with Crippen molar-refractivity contribution in [3.63, 3.8) is 0 Å². The zero-order valence-corrected chi connectivity index (χ0v) is 14.9. The Morgan fingerprint density at radius 2 is 1.93 bits per heavy atom. The Kier molecular flexibility index (Phi) is 4.78. The summed E-state index contributed by atoms with van der Waals surface area (Å²) in [7, 11) is 0. The van der Waals surface area contributed by atoms with Gasteiger partial charge < -0.3 is 10.5 Å². The number of ether oxygens (including phenoxy) is 1. The molecule has 0 aliphatic heterocycles. The summed E-state index contributed by atoms with van der Waals surface area (Å²) in [4.78, 5) is 0. The smallest absolute Gasteiger partial charge is 0.154 e. The fraction of sp³-hybridized carbons (Fsp3) is 0.0476. The SMILES string of the molecule is N#Cc1ccc(-n2ccc(CN)n2)c(Oc2cnnc(-c3ccccc3)c2)c1. The molecule has 4 aromatic rings. The van der Waals surface area contributed by atoms with Crippen molar-refractivity contribution in [3.05, 3.63) is 84.3 Å². The third-order valence-corrected chi connectivity index (χ3v) is 4.12. The van der Waals surface area contributed by atoms with E-state index in [2.05, 4.69) is 21.4 Å². The van der Waals surface area contributed by atoms with Gasteiger partial charge in [0.2, 0.25) is 0 Å². The molecule has 0 aliphatic rings. The largest absolute Gasteiger partial charge is 0.453 e. The van der Waals surface area contributed by atoms with Crippen LogP contribution in [0.4, 0.5) is 0 Å². The maximum Gasteiger partial charge on any atom is 0.154 e. The van der Waals surface area contributed by atoms with Gasteiger partial charge in [-0.05, 0) is 18.2 Å².